The van der Waals surface area contributed by atoms with Gasteiger partial charge in [0, 0.05) is 19.6 Å². The second-order valence-electron chi connectivity index (χ2n) is 6.09. The number of ether oxygens (including phenoxy) is 1. The lowest BCUT2D eigenvalue weighted by atomic mass is 9.90. The van der Waals surface area contributed by atoms with Gasteiger partial charge in [0.1, 0.15) is 5.60 Å². The molecule has 0 aliphatic carbocycles. The van der Waals surface area contributed by atoms with E-state index in [1.54, 1.807) is 4.90 Å². The van der Waals surface area contributed by atoms with Crippen LogP contribution in [0.15, 0.2) is 0 Å². The van der Waals surface area contributed by atoms with Gasteiger partial charge >= 0.3 is 12.1 Å². The average molecular weight is 255 g/mol. The van der Waals surface area contributed by atoms with E-state index in [0.29, 0.717) is 19.6 Å². The summed E-state index contributed by atoms with van der Waals surface area (Å²) < 4.78 is 5.36. The van der Waals surface area contributed by atoms with Gasteiger partial charge in [-0.2, -0.15) is 0 Å². The summed E-state index contributed by atoms with van der Waals surface area (Å²) >= 11 is 0. The summed E-state index contributed by atoms with van der Waals surface area (Å²) in [5.41, 5.74) is -0.800. The minimum absolute atomic E-state index is 0.152. The quantitative estimate of drug-likeness (QED) is 0.680. The first kappa shape index (κ1) is 13.0. The number of amides is 3. The van der Waals surface area contributed by atoms with Crippen molar-refractivity contribution in [2.75, 3.05) is 19.6 Å². The minimum atomic E-state index is -0.487. The fourth-order valence-electron chi connectivity index (χ4n) is 2.44. The van der Waals surface area contributed by atoms with Crippen molar-refractivity contribution in [3.63, 3.8) is 0 Å². The van der Waals surface area contributed by atoms with Crippen molar-refractivity contribution in [3.8, 4) is 0 Å². The Labute approximate surface area is 107 Å². The Bertz CT molecular complexity index is 364. The number of piperidine rings is 1. The number of hydrogen-bond acceptors (Lipinski definition) is 3. The highest BCUT2D eigenvalue weighted by Crippen LogP contribution is 2.24. The zero-order valence-electron chi connectivity index (χ0n) is 11.2. The van der Waals surface area contributed by atoms with E-state index in [0.717, 1.165) is 12.8 Å². The molecule has 2 rings (SSSR count). The first-order valence-corrected chi connectivity index (χ1v) is 6.34. The lowest BCUT2D eigenvalue weighted by Gasteiger charge is -2.39. The van der Waals surface area contributed by atoms with Gasteiger partial charge in [-0.05, 0) is 33.6 Å². The zero-order chi connectivity index (χ0) is 13.4. The van der Waals surface area contributed by atoms with Crippen molar-refractivity contribution in [2.24, 2.45) is 0 Å². The SMILES string of the molecule is CC(C)(C)OC(=O)N1CCCC2(CNC(=O)N2)C1. The first-order valence-electron chi connectivity index (χ1n) is 6.34. The highest BCUT2D eigenvalue weighted by Gasteiger charge is 2.43. The molecule has 3 amide bonds. The van der Waals surface area contributed by atoms with E-state index in [9.17, 15) is 9.59 Å². The molecule has 18 heavy (non-hydrogen) atoms. The maximum atomic E-state index is 12.0. The molecule has 0 radical (unpaired) electrons. The summed E-state index contributed by atoms with van der Waals surface area (Å²) in [4.78, 5) is 25.0. The van der Waals surface area contributed by atoms with Gasteiger partial charge in [0.15, 0.2) is 0 Å². The lowest BCUT2D eigenvalue weighted by molar-refractivity contribution is 0.0136. The molecule has 2 heterocycles. The molecule has 2 saturated heterocycles. The highest BCUT2D eigenvalue weighted by molar-refractivity contribution is 5.78. The molecule has 6 nitrogen and oxygen atoms in total. The Kier molecular flexibility index (Phi) is 3.12. The summed E-state index contributed by atoms with van der Waals surface area (Å²) in [6.45, 7) is 7.33. The summed E-state index contributed by atoms with van der Waals surface area (Å²) in [6.07, 6.45) is 1.47. The third-order valence-electron chi connectivity index (χ3n) is 3.19. The van der Waals surface area contributed by atoms with Gasteiger partial charge in [0.05, 0.1) is 5.54 Å². The average Bonchev–Trinajstić information content (AvgIpc) is 2.57. The van der Waals surface area contributed by atoms with Gasteiger partial charge in [-0.1, -0.05) is 0 Å². The molecule has 2 fully saturated rings. The molecular weight excluding hydrogens is 234 g/mol. The van der Waals surface area contributed by atoms with E-state index in [4.69, 9.17) is 4.74 Å². The van der Waals surface area contributed by atoms with Crippen LogP contribution in [0.3, 0.4) is 0 Å². The van der Waals surface area contributed by atoms with Gasteiger partial charge < -0.3 is 20.3 Å². The van der Waals surface area contributed by atoms with Crippen LogP contribution in [0.25, 0.3) is 0 Å². The van der Waals surface area contributed by atoms with Gasteiger partial charge in [0.2, 0.25) is 0 Å². The number of urea groups is 1. The molecule has 0 saturated carbocycles. The number of nitrogens with zero attached hydrogens (tertiary/aromatic N) is 1. The van der Waals surface area contributed by atoms with Crippen LogP contribution in [0.2, 0.25) is 0 Å². The van der Waals surface area contributed by atoms with E-state index in [-0.39, 0.29) is 17.7 Å². The monoisotopic (exact) mass is 255 g/mol. The van der Waals surface area contributed by atoms with E-state index in [1.807, 2.05) is 20.8 Å². The van der Waals surface area contributed by atoms with Crippen molar-refractivity contribution < 1.29 is 14.3 Å². The van der Waals surface area contributed by atoms with Gasteiger partial charge in [-0.15, -0.1) is 0 Å². The zero-order valence-corrected chi connectivity index (χ0v) is 11.2. The Morgan fingerprint density at radius 2 is 2.17 bits per heavy atom. The largest absolute Gasteiger partial charge is 0.444 e. The van der Waals surface area contributed by atoms with Crippen LogP contribution in [-0.2, 0) is 4.74 Å². The van der Waals surface area contributed by atoms with Crippen LogP contribution >= 0.6 is 0 Å². The number of likely N-dealkylation sites (tertiary alicyclic amines) is 1. The molecule has 0 aromatic heterocycles. The number of rotatable bonds is 0. The van der Waals surface area contributed by atoms with Gasteiger partial charge in [-0.25, -0.2) is 9.59 Å². The molecule has 2 N–H and O–H groups in total. The van der Waals surface area contributed by atoms with Crippen molar-refractivity contribution in [1.29, 1.82) is 0 Å². The van der Waals surface area contributed by atoms with Crippen molar-refractivity contribution in [3.05, 3.63) is 0 Å². The molecule has 2 aliphatic heterocycles. The second kappa shape index (κ2) is 4.33. The molecule has 1 atom stereocenters. The Hall–Kier alpha value is -1.46. The van der Waals surface area contributed by atoms with E-state index in [2.05, 4.69) is 10.6 Å². The van der Waals surface area contributed by atoms with E-state index in [1.165, 1.54) is 0 Å². The third kappa shape index (κ3) is 2.86. The van der Waals surface area contributed by atoms with Gasteiger partial charge in [-0.3, -0.25) is 0 Å². The molecule has 2 aliphatic rings. The van der Waals surface area contributed by atoms with Crippen LogP contribution in [0.4, 0.5) is 9.59 Å². The van der Waals surface area contributed by atoms with E-state index < -0.39 is 5.60 Å². The Balaban J connectivity index is 1.99. The standard InChI is InChI=1S/C12H21N3O3/c1-11(2,3)18-10(17)15-6-4-5-12(8-15)7-13-9(16)14-12/h4-8H2,1-3H3,(H2,13,14,16). The van der Waals surface area contributed by atoms with Crippen molar-refractivity contribution >= 4 is 12.1 Å². The Morgan fingerprint density at radius 3 is 2.72 bits per heavy atom. The number of carbonyl (C=O) groups is 2. The summed E-state index contributed by atoms with van der Waals surface area (Å²) in [6, 6.07) is -0.152. The van der Waals surface area contributed by atoms with E-state index >= 15 is 0 Å². The maximum Gasteiger partial charge on any atom is 0.410 e. The predicted molar refractivity (Wildman–Crippen MR) is 66.3 cm³/mol. The van der Waals surface area contributed by atoms with Crippen LogP contribution in [0, 0.1) is 0 Å². The fourth-order valence-corrected chi connectivity index (χ4v) is 2.44. The number of hydrogen-bond donors (Lipinski definition) is 2. The molecule has 1 unspecified atom stereocenters. The topological polar surface area (TPSA) is 70.7 Å². The fraction of sp³-hybridized carbons (Fsp3) is 0.833. The third-order valence-corrected chi connectivity index (χ3v) is 3.19. The highest BCUT2D eigenvalue weighted by atomic mass is 16.6. The lowest BCUT2D eigenvalue weighted by Crippen LogP contribution is -2.58. The molecular formula is C12H21N3O3. The molecule has 0 bridgehead atoms. The number of carbonyl (C=O) groups excluding carboxylic acids is 2. The number of nitrogens with one attached hydrogen (secondary N) is 2. The Morgan fingerprint density at radius 1 is 1.44 bits per heavy atom. The normalized spacial score (nSPS) is 27.9. The van der Waals surface area contributed by atoms with Crippen LogP contribution in [0.5, 0.6) is 0 Å². The molecule has 6 heteroatoms. The van der Waals surface area contributed by atoms with Gasteiger partial charge in [0.25, 0.3) is 0 Å². The van der Waals surface area contributed by atoms with Crippen molar-refractivity contribution in [1.82, 2.24) is 15.5 Å². The first-order chi connectivity index (χ1) is 8.30. The summed E-state index contributed by atoms with van der Waals surface area (Å²) in [5.74, 6) is 0. The minimum Gasteiger partial charge on any atom is -0.444 e. The smallest absolute Gasteiger partial charge is 0.410 e. The predicted octanol–water partition coefficient (Wildman–Crippen LogP) is 1.07. The molecule has 1 spiro atoms. The molecule has 0 aromatic rings. The summed E-state index contributed by atoms with van der Waals surface area (Å²) in [5, 5.41) is 5.68. The van der Waals surface area contributed by atoms with Crippen LogP contribution < -0.4 is 10.6 Å². The summed E-state index contributed by atoms with van der Waals surface area (Å²) in [7, 11) is 0. The van der Waals surface area contributed by atoms with Crippen LogP contribution in [0.1, 0.15) is 33.6 Å². The van der Waals surface area contributed by atoms with Crippen molar-refractivity contribution in [2.45, 2.75) is 44.8 Å². The maximum absolute atomic E-state index is 12.0. The van der Waals surface area contributed by atoms with Crippen LogP contribution in [-0.4, -0.2) is 47.8 Å². The molecule has 102 valence electrons. The molecule has 0 aromatic carbocycles. The second-order valence-corrected chi connectivity index (χ2v) is 6.09.